The van der Waals surface area contributed by atoms with Gasteiger partial charge >= 0.3 is 6.03 Å². The van der Waals surface area contributed by atoms with Crippen LogP contribution in [0.15, 0.2) is 36.7 Å². The van der Waals surface area contributed by atoms with Crippen LogP contribution in [0.4, 0.5) is 19.3 Å². The Hall–Kier alpha value is -3.16. The maximum Gasteiger partial charge on any atom is 0.319 e. The van der Waals surface area contributed by atoms with Crippen LogP contribution in [-0.4, -0.2) is 29.7 Å². The smallest absolute Gasteiger partial charge is 0.319 e. The fraction of sp³-hybridized carbons (Fsp3) is 0.176. The summed E-state index contributed by atoms with van der Waals surface area (Å²) >= 11 is 0. The number of ether oxygens (including phenoxy) is 1. The van der Waals surface area contributed by atoms with Gasteiger partial charge in [0, 0.05) is 29.9 Å². The average molecular weight is 346 g/mol. The lowest BCUT2D eigenvalue weighted by molar-refractivity contribution is 0.252. The minimum Gasteiger partial charge on any atom is -0.497 e. The number of carbonyl (C=O) groups is 1. The number of hydrogen-bond donors (Lipinski definition) is 3. The molecule has 0 atom stereocenters. The molecule has 0 aliphatic rings. The van der Waals surface area contributed by atoms with Gasteiger partial charge < -0.3 is 20.4 Å². The molecule has 8 heteroatoms. The summed E-state index contributed by atoms with van der Waals surface area (Å²) in [5, 5.41) is 5.22. The summed E-state index contributed by atoms with van der Waals surface area (Å²) in [5.41, 5.74) is 2.06. The van der Waals surface area contributed by atoms with Gasteiger partial charge in [-0.15, -0.1) is 0 Å². The van der Waals surface area contributed by atoms with Gasteiger partial charge in [-0.25, -0.2) is 18.6 Å². The summed E-state index contributed by atoms with van der Waals surface area (Å²) in [7, 11) is 1.33. The van der Waals surface area contributed by atoms with Crippen LogP contribution in [0, 0.1) is 11.6 Å². The van der Waals surface area contributed by atoms with Crippen molar-refractivity contribution in [3.63, 3.8) is 0 Å². The van der Waals surface area contributed by atoms with Crippen LogP contribution in [0.3, 0.4) is 0 Å². The van der Waals surface area contributed by atoms with Crippen LogP contribution in [0.1, 0.15) is 5.56 Å². The van der Waals surface area contributed by atoms with E-state index in [0.717, 1.165) is 23.2 Å². The second-order valence-corrected chi connectivity index (χ2v) is 5.33. The molecule has 0 spiro atoms. The lowest BCUT2D eigenvalue weighted by atomic mass is 10.1. The van der Waals surface area contributed by atoms with Gasteiger partial charge in [-0.3, -0.25) is 0 Å². The number of benzene rings is 2. The molecule has 0 unspecified atom stereocenters. The lowest BCUT2D eigenvalue weighted by Gasteiger charge is -2.10. The molecule has 6 nitrogen and oxygen atoms in total. The first-order valence-electron chi connectivity index (χ1n) is 7.56. The molecule has 0 aliphatic carbocycles. The minimum atomic E-state index is -0.705. The third-order valence-electron chi connectivity index (χ3n) is 3.69. The first-order valence-corrected chi connectivity index (χ1v) is 7.56. The Bertz CT molecular complexity index is 888. The molecule has 0 aliphatic heterocycles. The highest BCUT2D eigenvalue weighted by molar-refractivity contribution is 5.91. The van der Waals surface area contributed by atoms with E-state index in [2.05, 4.69) is 20.6 Å². The summed E-state index contributed by atoms with van der Waals surface area (Å²) in [5.74, 6) is -1.30. The first-order chi connectivity index (χ1) is 12.1. The standard InChI is InChI=1S/C17H16F2N4O2/c1-25-11-7-13(18)12(14(19)8-11)4-5-20-17(24)23-10-2-3-15-16(6-10)22-9-21-15/h2-3,6-9H,4-5H2,1H3,(H,21,22)(H2,20,23,24). The molecule has 2 aromatic carbocycles. The molecule has 3 rings (SSSR count). The van der Waals surface area contributed by atoms with E-state index in [4.69, 9.17) is 4.74 Å². The zero-order valence-corrected chi connectivity index (χ0v) is 13.4. The molecule has 3 N–H and O–H groups in total. The van der Waals surface area contributed by atoms with Crippen molar-refractivity contribution in [1.82, 2.24) is 15.3 Å². The number of anilines is 1. The van der Waals surface area contributed by atoms with Crippen molar-refractivity contribution in [3.8, 4) is 5.75 Å². The molecular weight excluding hydrogens is 330 g/mol. The lowest BCUT2D eigenvalue weighted by Crippen LogP contribution is -2.30. The molecular formula is C17H16F2N4O2. The van der Waals surface area contributed by atoms with E-state index in [1.807, 2.05) is 0 Å². The van der Waals surface area contributed by atoms with Gasteiger partial charge in [-0.1, -0.05) is 0 Å². The normalized spacial score (nSPS) is 10.7. The van der Waals surface area contributed by atoms with E-state index in [1.54, 1.807) is 24.5 Å². The number of imidazole rings is 1. The van der Waals surface area contributed by atoms with E-state index < -0.39 is 17.7 Å². The van der Waals surface area contributed by atoms with Crippen molar-refractivity contribution in [2.45, 2.75) is 6.42 Å². The fourth-order valence-corrected chi connectivity index (χ4v) is 2.43. The van der Waals surface area contributed by atoms with Gasteiger partial charge in [0.25, 0.3) is 0 Å². The summed E-state index contributed by atoms with van der Waals surface area (Å²) < 4.78 is 32.5. The Kier molecular flexibility index (Phi) is 4.78. The Morgan fingerprint density at radius 3 is 2.72 bits per heavy atom. The molecule has 0 fully saturated rings. The Morgan fingerprint density at radius 1 is 1.24 bits per heavy atom. The number of aromatic amines is 1. The number of rotatable bonds is 5. The summed E-state index contributed by atoms with van der Waals surface area (Å²) in [4.78, 5) is 18.9. The summed E-state index contributed by atoms with van der Waals surface area (Å²) in [6.07, 6.45) is 1.58. The highest BCUT2D eigenvalue weighted by Gasteiger charge is 2.12. The third kappa shape index (κ3) is 3.85. The second-order valence-electron chi connectivity index (χ2n) is 5.33. The SMILES string of the molecule is COc1cc(F)c(CCNC(=O)Nc2ccc3nc[nH]c3c2)c(F)c1. The van der Waals surface area contributed by atoms with Crippen molar-refractivity contribution in [3.05, 3.63) is 53.9 Å². The van der Waals surface area contributed by atoms with Crippen molar-refractivity contribution in [2.24, 2.45) is 0 Å². The highest BCUT2D eigenvalue weighted by atomic mass is 19.1. The zero-order valence-electron chi connectivity index (χ0n) is 13.4. The zero-order chi connectivity index (χ0) is 17.8. The molecule has 25 heavy (non-hydrogen) atoms. The number of nitrogens with one attached hydrogen (secondary N) is 3. The monoisotopic (exact) mass is 346 g/mol. The molecule has 0 radical (unpaired) electrons. The minimum absolute atomic E-state index is 0.0225. The molecule has 0 bridgehead atoms. The molecule has 130 valence electrons. The third-order valence-corrected chi connectivity index (χ3v) is 3.69. The van der Waals surface area contributed by atoms with Crippen LogP contribution >= 0.6 is 0 Å². The first kappa shape index (κ1) is 16.7. The number of carbonyl (C=O) groups excluding carboxylic acids is 1. The molecule has 1 aromatic heterocycles. The van der Waals surface area contributed by atoms with Crippen LogP contribution in [-0.2, 0) is 6.42 Å². The van der Waals surface area contributed by atoms with Crippen LogP contribution in [0.5, 0.6) is 5.75 Å². The van der Waals surface area contributed by atoms with E-state index in [1.165, 1.54) is 7.11 Å². The molecule has 3 aromatic rings. The quantitative estimate of drug-likeness (QED) is 0.664. The van der Waals surface area contributed by atoms with Crippen molar-refractivity contribution < 1.29 is 18.3 Å². The number of methoxy groups -OCH3 is 1. The number of urea groups is 1. The van der Waals surface area contributed by atoms with Crippen molar-refractivity contribution in [1.29, 1.82) is 0 Å². The number of aromatic nitrogens is 2. The Morgan fingerprint density at radius 2 is 2.00 bits per heavy atom. The molecule has 0 saturated heterocycles. The van der Waals surface area contributed by atoms with Gasteiger partial charge in [-0.2, -0.15) is 0 Å². The van der Waals surface area contributed by atoms with Crippen LogP contribution in [0.25, 0.3) is 11.0 Å². The maximum absolute atomic E-state index is 13.8. The van der Waals surface area contributed by atoms with Gasteiger partial charge in [0.05, 0.1) is 24.5 Å². The van der Waals surface area contributed by atoms with Crippen LogP contribution < -0.4 is 15.4 Å². The van der Waals surface area contributed by atoms with Crippen molar-refractivity contribution >= 4 is 22.8 Å². The van der Waals surface area contributed by atoms with Gasteiger partial charge in [0.1, 0.15) is 17.4 Å². The van der Waals surface area contributed by atoms with E-state index in [9.17, 15) is 13.6 Å². The number of hydrogen-bond acceptors (Lipinski definition) is 3. The molecule has 2 amide bonds. The predicted octanol–water partition coefficient (Wildman–Crippen LogP) is 3.21. The predicted molar refractivity (Wildman–Crippen MR) is 89.7 cm³/mol. The number of fused-ring (bicyclic) bond motifs is 1. The summed E-state index contributed by atoms with van der Waals surface area (Å²) in [6.45, 7) is 0.0817. The summed E-state index contributed by atoms with van der Waals surface area (Å²) in [6, 6.07) is 6.98. The number of amides is 2. The van der Waals surface area contributed by atoms with E-state index in [0.29, 0.717) is 5.69 Å². The fourth-order valence-electron chi connectivity index (χ4n) is 2.43. The highest BCUT2D eigenvalue weighted by Crippen LogP contribution is 2.20. The maximum atomic E-state index is 13.8. The van der Waals surface area contributed by atoms with E-state index in [-0.39, 0.29) is 24.3 Å². The van der Waals surface area contributed by atoms with Gasteiger partial charge in [0.2, 0.25) is 0 Å². The van der Waals surface area contributed by atoms with Crippen molar-refractivity contribution in [2.75, 3.05) is 19.0 Å². The second kappa shape index (κ2) is 7.16. The number of halogens is 2. The van der Waals surface area contributed by atoms with E-state index >= 15 is 0 Å². The molecule has 0 saturated carbocycles. The van der Waals surface area contributed by atoms with Gasteiger partial charge in [-0.05, 0) is 24.6 Å². The van der Waals surface area contributed by atoms with Crippen LogP contribution in [0.2, 0.25) is 0 Å². The Balaban J connectivity index is 1.56. The number of nitrogens with zero attached hydrogens (tertiary/aromatic N) is 1. The number of H-pyrrole nitrogens is 1. The Labute approximate surface area is 142 Å². The average Bonchev–Trinajstić information content (AvgIpc) is 3.04. The topological polar surface area (TPSA) is 79.0 Å². The molecule has 1 heterocycles. The van der Waals surface area contributed by atoms with Gasteiger partial charge in [0.15, 0.2) is 0 Å². The largest absolute Gasteiger partial charge is 0.497 e.